The van der Waals surface area contributed by atoms with Crippen LogP contribution in [0, 0.1) is 0 Å². The van der Waals surface area contributed by atoms with Gasteiger partial charge in [-0.3, -0.25) is 0 Å². The Hall–Kier alpha value is -0.790. The molecule has 0 saturated heterocycles. The third kappa shape index (κ3) is 1.88. The van der Waals surface area contributed by atoms with Crippen molar-refractivity contribution >= 4 is 0 Å². The van der Waals surface area contributed by atoms with Gasteiger partial charge >= 0.3 is 0 Å². The predicted molar refractivity (Wildman–Crippen MR) is 39.3 cm³/mol. The molecule has 0 radical (unpaired) electrons. The minimum absolute atomic E-state index is 0. The zero-order valence-corrected chi connectivity index (χ0v) is 5.72. The van der Waals surface area contributed by atoms with Crippen LogP contribution in [0.1, 0.15) is 27.0 Å². The molecule has 2 nitrogen and oxygen atoms in total. The molecule has 1 rings (SSSR count). The highest BCUT2D eigenvalue weighted by atomic mass is 14.9. The fourth-order valence-electron chi connectivity index (χ4n) is 0.779. The molecule has 1 N–H and O–H groups in total. The molecule has 0 amide bonds. The van der Waals surface area contributed by atoms with Crippen molar-refractivity contribution in [2.24, 2.45) is 0 Å². The molecule has 52 valence electrons. The SMILES string of the molecule is CCCCc1ncc[nH]1.[HH]. The van der Waals surface area contributed by atoms with Gasteiger partial charge in [-0.05, 0) is 6.42 Å². The molecule has 0 unspecified atom stereocenters. The molecule has 1 aromatic rings. The summed E-state index contributed by atoms with van der Waals surface area (Å²) in [5, 5.41) is 0. The highest BCUT2D eigenvalue weighted by Gasteiger charge is 1.90. The van der Waals surface area contributed by atoms with E-state index < -0.39 is 0 Å². The first-order valence-corrected chi connectivity index (χ1v) is 3.41. The fourth-order valence-corrected chi connectivity index (χ4v) is 0.779. The van der Waals surface area contributed by atoms with Crippen molar-refractivity contribution in [1.82, 2.24) is 9.97 Å². The van der Waals surface area contributed by atoms with Gasteiger partial charge in [0.05, 0.1) is 0 Å². The number of aryl methyl sites for hydroxylation is 1. The molecule has 1 aromatic heterocycles. The first-order chi connectivity index (χ1) is 4.43. The van der Waals surface area contributed by atoms with E-state index in [0.29, 0.717) is 0 Å². The summed E-state index contributed by atoms with van der Waals surface area (Å²) in [5.41, 5.74) is 0. The van der Waals surface area contributed by atoms with Crippen LogP contribution in [0.4, 0.5) is 0 Å². The Morgan fingerprint density at radius 3 is 3.22 bits per heavy atom. The van der Waals surface area contributed by atoms with Crippen molar-refractivity contribution < 1.29 is 1.43 Å². The molecule has 0 atom stereocenters. The second-order valence-electron chi connectivity index (χ2n) is 2.14. The van der Waals surface area contributed by atoms with E-state index in [1.165, 1.54) is 12.8 Å². The van der Waals surface area contributed by atoms with Gasteiger partial charge in [-0.15, -0.1) is 0 Å². The number of aromatic amines is 1. The lowest BCUT2D eigenvalue weighted by Crippen LogP contribution is -1.85. The predicted octanol–water partition coefficient (Wildman–Crippen LogP) is 2.00. The average Bonchev–Trinajstić information content (AvgIpc) is 2.34. The topological polar surface area (TPSA) is 28.7 Å². The highest BCUT2D eigenvalue weighted by molar-refractivity contribution is 4.86. The summed E-state index contributed by atoms with van der Waals surface area (Å²) in [6.45, 7) is 2.18. The van der Waals surface area contributed by atoms with Crippen LogP contribution in [0.25, 0.3) is 0 Å². The number of aromatic nitrogens is 2. The Morgan fingerprint density at radius 1 is 1.78 bits per heavy atom. The monoisotopic (exact) mass is 126 g/mol. The normalized spacial score (nSPS) is 9.89. The maximum Gasteiger partial charge on any atom is 0.105 e. The second kappa shape index (κ2) is 3.28. The van der Waals surface area contributed by atoms with Gasteiger partial charge in [-0.25, -0.2) is 4.98 Å². The summed E-state index contributed by atoms with van der Waals surface area (Å²) >= 11 is 0. The summed E-state index contributed by atoms with van der Waals surface area (Å²) in [6, 6.07) is 0. The Morgan fingerprint density at radius 2 is 2.67 bits per heavy atom. The molecule has 1 heterocycles. The lowest BCUT2D eigenvalue weighted by Gasteiger charge is -1.90. The first-order valence-electron chi connectivity index (χ1n) is 3.41. The van der Waals surface area contributed by atoms with Gasteiger partial charge in [0.25, 0.3) is 0 Å². The van der Waals surface area contributed by atoms with Gasteiger partial charge in [-0.1, -0.05) is 13.3 Å². The molecular weight excluding hydrogens is 112 g/mol. The molecule has 0 aromatic carbocycles. The van der Waals surface area contributed by atoms with E-state index in [0.717, 1.165) is 12.2 Å². The Balaban J connectivity index is 0.000000810. The van der Waals surface area contributed by atoms with Gasteiger partial charge in [0.2, 0.25) is 0 Å². The van der Waals surface area contributed by atoms with Crippen molar-refractivity contribution in [3.8, 4) is 0 Å². The van der Waals surface area contributed by atoms with Crippen LogP contribution in [0.15, 0.2) is 12.4 Å². The second-order valence-corrected chi connectivity index (χ2v) is 2.14. The van der Waals surface area contributed by atoms with E-state index in [-0.39, 0.29) is 1.43 Å². The smallest absolute Gasteiger partial charge is 0.105 e. The van der Waals surface area contributed by atoms with E-state index in [9.17, 15) is 0 Å². The third-order valence-corrected chi connectivity index (χ3v) is 1.32. The first kappa shape index (κ1) is 6.33. The molecule has 0 aliphatic rings. The zero-order valence-electron chi connectivity index (χ0n) is 5.72. The van der Waals surface area contributed by atoms with Gasteiger partial charge < -0.3 is 4.98 Å². The van der Waals surface area contributed by atoms with Crippen LogP contribution < -0.4 is 0 Å². The van der Waals surface area contributed by atoms with Crippen molar-refractivity contribution in [3.63, 3.8) is 0 Å². The third-order valence-electron chi connectivity index (χ3n) is 1.32. The fraction of sp³-hybridized carbons (Fsp3) is 0.571. The number of imidazole rings is 1. The van der Waals surface area contributed by atoms with Crippen molar-refractivity contribution in [1.29, 1.82) is 0 Å². The summed E-state index contributed by atoms with van der Waals surface area (Å²) in [6.07, 6.45) is 7.22. The van der Waals surface area contributed by atoms with Crippen LogP contribution in [0.2, 0.25) is 0 Å². The number of unbranched alkanes of at least 4 members (excludes halogenated alkanes) is 1. The average molecular weight is 126 g/mol. The number of hydrogen-bond acceptors (Lipinski definition) is 1. The molecular formula is C7H14N2. The molecule has 0 saturated carbocycles. The minimum atomic E-state index is 0. The number of hydrogen-bond donors (Lipinski definition) is 1. The molecule has 0 fully saturated rings. The summed E-state index contributed by atoms with van der Waals surface area (Å²) in [7, 11) is 0. The highest BCUT2D eigenvalue weighted by Crippen LogP contribution is 1.96. The van der Waals surface area contributed by atoms with Crippen molar-refractivity contribution in [2.45, 2.75) is 26.2 Å². The molecule has 0 aliphatic heterocycles. The van der Waals surface area contributed by atoms with Gasteiger partial charge in [-0.2, -0.15) is 0 Å². The van der Waals surface area contributed by atoms with Gasteiger partial charge in [0, 0.05) is 20.2 Å². The molecule has 2 heteroatoms. The van der Waals surface area contributed by atoms with Crippen molar-refractivity contribution in [3.05, 3.63) is 18.2 Å². The van der Waals surface area contributed by atoms with E-state index in [2.05, 4.69) is 16.9 Å². The maximum absolute atomic E-state index is 4.10. The van der Waals surface area contributed by atoms with E-state index in [1.54, 1.807) is 6.20 Å². The lowest BCUT2D eigenvalue weighted by molar-refractivity contribution is 0.762. The number of rotatable bonds is 3. The Bertz CT molecular complexity index is 149. The number of H-pyrrole nitrogens is 1. The summed E-state index contributed by atoms with van der Waals surface area (Å²) in [5.74, 6) is 1.11. The van der Waals surface area contributed by atoms with E-state index in [1.807, 2.05) is 6.20 Å². The Kier molecular flexibility index (Phi) is 2.31. The van der Waals surface area contributed by atoms with Crippen LogP contribution in [0.3, 0.4) is 0 Å². The minimum Gasteiger partial charge on any atom is -0.349 e. The molecule has 0 spiro atoms. The standard InChI is InChI=1S/C7H12N2.H2/c1-2-3-4-7-8-5-6-9-7;/h5-6H,2-4H2,1H3,(H,8,9);1H. The summed E-state index contributed by atoms with van der Waals surface area (Å²) < 4.78 is 0. The molecule has 9 heavy (non-hydrogen) atoms. The number of nitrogens with one attached hydrogen (secondary N) is 1. The number of nitrogens with zero attached hydrogens (tertiary/aromatic N) is 1. The summed E-state index contributed by atoms with van der Waals surface area (Å²) in [4.78, 5) is 7.16. The van der Waals surface area contributed by atoms with Crippen LogP contribution in [0.5, 0.6) is 0 Å². The Labute approximate surface area is 56.8 Å². The molecule has 0 bridgehead atoms. The van der Waals surface area contributed by atoms with Crippen LogP contribution in [-0.2, 0) is 6.42 Å². The van der Waals surface area contributed by atoms with E-state index >= 15 is 0 Å². The van der Waals surface area contributed by atoms with Gasteiger partial charge in [0.1, 0.15) is 5.82 Å². The van der Waals surface area contributed by atoms with Crippen molar-refractivity contribution in [2.75, 3.05) is 0 Å². The van der Waals surface area contributed by atoms with Crippen LogP contribution >= 0.6 is 0 Å². The zero-order chi connectivity index (χ0) is 6.53. The van der Waals surface area contributed by atoms with Gasteiger partial charge in [0.15, 0.2) is 0 Å². The van der Waals surface area contributed by atoms with E-state index in [4.69, 9.17) is 0 Å². The maximum atomic E-state index is 4.10. The molecule has 0 aliphatic carbocycles. The van der Waals surface area contributed by atoms with Crippen LogP contribution in [-0.4, -0.2) is 9.97 Å². The quantitative estimate of drug-likeness (QED) is 0.659. The largest absolute Gasteiger partial charge is 0.349 e. The lowest BCUT2D eigenvalue weighted by atomic mass is 10.2.